The maximum atomic E-state index is 14.7. The highest BCUT2D eigenvalue weighted by Gasteiger charge is 2.31. The number of ether oxygens (including phenoxy) is 6. The molecule has 4 aromatic heterocycles. The zero-order valence-corrected chi connectivity index (χ0v) is 84.2. The number of allylic oxidation sites excluding steroid dienone is 2. The third kappa shape index (κ3) is 35.5. The molecular weight excluding hydrogens is 1650 g/mol. The largest absolute Gasteiger partial charge is 0.490 e. The van der Waals surface area contributed by atoms with Crippen molar-refractivity contribution in [2.24, 2.45) is 0 Å². The Kier molecular flexibility index (Phi) is 50.9. The van der Waals surface area contributed by atoms with Crippen LogP contribution < -0.4 is 28.4 Å². The Morgan fingerprint density at radius 1 is 0.195 bits per heavy atom. The first-order valence-electron chi connectivity index (χ1n) is 52.9. The molecule has 2 aliphatic rings. The molecule has 0 atom stereocenters. The zero-order chi connectivity index (χ0) is 89.5. The SMILES string of the molecule is CCCCCCCCCCCCOc1cc(-c2ccc(-c3ccc(C4=CC(=O)c5ccc6c7c(ccc4c57)C(c4ccc(-c5ccc(-c7cc(OCCCCCCCCCCCC)c(OCCCCCCCCCCCC)c(OCCCCCCCCCCCC)c7)s5)s4)=CC6=O)s3)s2)cc(OCCCCCCCCCCCC)c1OCCCCCCCCCCCC. The quantitative estimate of drug-likeness (QED) is 0.0348. The summed E-state index contributed by atoms with van der Waals surface area (Å²) in [6.07, 6.45) is 80.1. The van der Waals surface area contributed by atoms with Gasteiger partial charge in [0.05, 0.1) is 39.6 Å². The Labute approximate surface area is 793 Å². The van der Waals surface area contributed by atoms with E-state index in [0.29, 0.717) is 50.8 Å². The van der Waals surface area contributed by atoms with Crippen LogP contribution in [-0.4, -0.2) is 51.2 Å². The number of carbonyl (C=O) groups excluding carboxylic acids is 2. The van der Waals surface area contributed by atoms with Gasteiger partial charge in [0.2, 0.25) is 11.5 Å². The van der Waals surface area contributed by atoms with Crippen LogP contribution in [0.15, 0.2) is 109 Å². The van der Waals surface area contributed by atoms with Gasteiger partial charge in [0.25, 0.3) is 0 Å². The molecular formula is C116H168O8S4. The van der Waals surface area contributed by atoms with E-state index >= 15 is 0 Å². The van der Waals surface area contributed by atoms with Crippen LogP contribution in [0.25, 0.3) is 62.3 Å². The Bertz CT molecular complexity index is 4090. The van der Waals surface area contributed by atoms with Crippen LogP contribution in [0.4, 0.5) is 0 Å². The molecule has 12 heteroatoms. The second kappa shape index (κ2) is 62.9. The Morgan fingerprint density at radius 3 is 0.602 bits per heavy atom. The summed E-state index contributed by atoms with van der Waals surface area (Å²) in [6, 6.07) is 34.8. The van der Waals surface area contributed by atoms with Crippen LogP contribution in [-0.2, 0) is 0 Å². The molecule has 0 unspecified atom stereocenters. The van der Waals surface area contributed by atoms with E-state index in [-0.39, 0.29) is 11.6 Å². The normalized spacial score (nSPS) is 12.5. The van der Waals surface area contributed by atoms with E-state index < -0.39 is 0 Å². The third-order valence-corrected chi connectivity index (χ3v) is 31.3. The van der Waals surface area contributed by atoms with Crippen LogP contribution >= 0.6 is 45.3 Å². The van der Waals surface area contributed by atoms with Gasteiger partial charge in [0, 0.05) is 72.1 Å². The molecule has 2 aliphatic carbocycles. The number of carbonyl (C=O) groups is 2. The molecule has 4 heterocycles. The molecule has 0 N–H and O–H groups in total. The van der Waals surface area contributed by atoms with Crippen molar-refractivity contribution in [3.63, 3.8) is 0 Å². The number of unbranched alkanes of at least 4 members (excludes halogenated alkanes) is 54. The molecule has 0 fully saturated rings. The molecule has 0 bridgehead atoms. The third-order valence-electron chi connectivity index (χ3n) is 26.4. The fourth-order valence-corrected chi connectivity index (χ4v) is 22.8. The van der Waals surface area contributed by atoms with Crippen molar-refractivity contribution >= 4 is 78.8 Å². The van der Waals surface area contributed by atoms with Crippen LogP contribution in [0, 0.1) is 0 Å². The van der Waals surface area contributed by atoms with Crippen molar-refractivity contribution in [3.8, 4) is 74.9 Å². The van der Waals surface area contributed by atoms with Gasteiger partial charge < -0.3 is 28.4 Å². The van der Waals surface area contributed by atoms with Gasteiger partial charge in [-0.2, -0.15) is 0 Å². The monoisotopic (exact) mass is 1820 g/mol. The Balaban J connectivity index is 0.862. The number of benzene rings is 4. The van der Waals surface area contributed by atoms with Crippen molar-refractivity contribution < 1.29 is 38.0 Å². The van der Waals surface area contributed by atoms with Gasteiger partial charge in [-0.3, -0.25) is 9.59 Å². The summed E-state index contributed by atoms with van der Waals surface area (Å²) in [5.74, 6) is 4.55. The van der Waals surface area contributed by atoms with Crippen molar-refractivity contribution in [1.82, 2.24) is 0 Å². The van der Waals surface area contributed by atoms with E-state index in [1.165, 1.54) is 308 Å². The summed E-state index contributed by atoms with van der Waals surface area (Å²) >= 11 is 7.00. The number of hydrogen-bond acceptors (Lipinski definition) is 12. The molecule has 10 rings (SSSR count). The smallest absolute Gasteiger partial charge is 0.203 e. The summed E-state index contributed by atoms with van der Waals surface area (Å²) < 4.78 is 41.3. The van der Waals surface area contributed by atoms with Gasteiger partial charge in [-0.1, -0.05) is 400 Å². The van der Waals surface area contributed by atoms with Crippen LogP contribution in [0.3, 0.4) is 0 Å². The fourth-order valence-electron chi connectivity index (χ4n) is 18.6. The highest BCUT2D eigenvalue weighted by molar-refractivity contribution is 7.25. The van der Waals surface area contributed by atoms with E-state index in [1.54, 1.807) is 45.3 Å². The molecule has 704 valence electrons. The average Bonchev–Trinajstić information content (AvgIpc) is 0.870. The Morgan fingerprint density at radius 2 is 0.375 bits per heavy atom. The molecule has 0 radical (unpaired) electrons. The molecule has 128 heavy (non-hydrogen) atoms. The topological polar surface area (TPSA) is 89.5 Å². The van der Waals surface area contributed by atoms with Crippen LogP contribution in [0.5, 0.6) is 34.5 Å². The van der Waals surface area contributed by atoms with Crippen LogP contribution in [0.2, 0.25) is 0 Å². The van der Waals surface area contributed by atoms with Crippen molar-refractivity contribution in [2.45, 2.75) is 427 Å². The minimum absolute atomic E-state index is 0.0413. The predicted octanol–water partition coefficient (Wildman–Crippen LogP) is 38.8. The van der Waals surface area contributed by atoms with Crippen LogP contribution in [0.1, 0.15) is 468 Å². The van der Waals surface area contributed by atoms with Gasteiger partial charge in [-0.15, -0.1) is 45.3 Å². The zero-order valence-electron chi connectivity index (χ0n) is 81.0. The number of ketones is 2. The minimum Gasteiger partial charge on any atom is -0.490 e. The number of rotatable bonds is 78. The lowest BCUT2D eigenvalue weighted by molar-refractivity contribution is 0.103. The lowest BCUT2D eigenvalue weighted by Gasteiger charge is -2.24. The van der Waals surface area contributed by atoms with Gasteiger partial charge >= 0.3 is 0 Å². The first-order valence-corrected chi connectivity index (χ1v) is 56.2. The summed E-state index contributed by atoms with van der Waals surface area (Å²) in [5, 5.41) is 1.72. The molecule has 8 nitrogen and oxygen atoms in total. The first-order chi connectivity index (χ1) is 63.2. The van der Waals surface area contributed by atoms with Crippen molar-refractivity contribution in [1.29, 1.82) is 0 Å². The van der Waals surface area contributed by atoms with Gasteiger partial charge in [0.15, 0.2) is 34.6 Å². The highest BCUT2D eigenvalue weighted by atomic mass is 32.1. The fraction of sp³-hybridized carbons (Fsp3) is 0.621. The van der Waals surface area contributed by atoms with Gasteiger partial charge in [-0.05, 0) is 158 Å². The predicted molar refractivity (Wildman–Crippen MR) is 557 cm³/mol. The van der Waals surface area contributed by atoms with E-state index in [4.69, 9.17) is 28.4 Å². The molecule has 0 saturated heterocycles. The molecule has 8 aromatic rings. The molecule has 0 saturated carbocycles. The Hall–Kier alpha value is -6.44. The maximum absolute atomic E-state index is 14.7. The number of thiophene rings is 4. The van der Waals surface area contributed by atoms with E-state index in [2.05, 4.69) is 126 Å². The highest BCUT2D eigenvalue weighted by Crippen LogP contribution is 2.52. The summed E-state index contributed by atoms with van der Waals surface area (Å²) in [6.45, 7) is 17.6. The summed E-state index contributed by atoms with van der Waals surface area (Å²) in [4.78, 5) is 38.3. The summed E-state index contributed by atoms with van der Waals surface area (Å²) in [5.41, 5.74) is 7.16. The van der Waals surface area contributed by atoms with Gasteiger partial charge in [-0.25, -0.2) is 0 Å². The second-order valence-electron chi connectivity index (χ2n) is 37.4. The average molecular weight is 1820 g/mol. The molecule has 4 aromatic carbocycles. The van der Waals surface area contributed by atoms with E-state index in [9.17, 15) is 9.59 Å². The first kappa shape index (κ1) is 104. The van der Waals surface area contributed by atoms with Gasteiger partial charge in [0.1, 0.15) is 0 Å². The lowest BCUT2D eigenvalue weighted by atomic mass is 9.79. The molecule has 0 aliphatic heterocycles. The number of hydrogen-bond donors (Lipinski definition) is 0. The molecule has 0 amide bonds. The lowest BCUT2D eigenvalue weighted by Crippen LogP contribution is -2.12. The minimum atomic E-state index is -0.0413. The standard InChI is InChI=1S/C116H168O8S4/c1-7-13-19-25-31-37-43-49-55-61-79-119-101-85-91(86-102(120-80-62-56-50-44-38-32-26-20-14-8-2)115(101)123-83-65-59-53-47-41-35-29-23-17-11-5)105-71-75-109(125-105)111-77-73-107(127-111)97-89-99(117)95-69-70-96-100(118)90-98(94-68-67-93(97)113(95)114(94)96)108-74-78-112(128-108)110-76-72-106(126-110)92-87-103(121-81-63-57-51-45-39-33-27-21-15-9-3)116(124-84-66-60-54-48-42-36-30-24-18-12-6)104(88-92)122-82-64-58-52-46-40-34-28-22-16-10-4/h67-78,85-90H,7-66,79-84H2,1-6H3. The van der Waals surface area contributed by atoms with E-state index in [0.717, 1.165) is 195 Å². The van der Waals surface area contributed by atoms with E-state index in [1.807, 2.05) is 24.3 Å². The maximum Gasteiger partial charge on any atom is 0.203 e. The second-order valence-corrected chi connectivity index (χ2v) is 41.7. The summed E-state index contributed by atoms with van der Waals surface area (Å²) in [7, 11) is 0. The van der Waals surface area contributed by atoms with Crippen molar-refractivity contribution in [2.75, 3.05) is 39.6 Å². The molecule has 0 spiro atoms. The van der Waals surface area contributed by atoms with Crippen molar-refractivity contribution in [3.05, 3.63) is 141 Å².